The van der Waals surface area contributed by atoms with E-state index in [1.165, 1.54) is 0 Å². The Morgan fingerprint density at radius 3 is 2.76 bits per heavy atom. The second kappa shape index (κ2) is 7.19. The summed E-state index contributed by atoms with van der Waals surface area (Å²) in [6.07, 6.45) is 3.42. The minimum absolute atomic E-state index is 0.160. The maximum atomic E-state index is 11.9. The van der Waals surface area contributed by atoms with E-state index in [-0.39, 0.29) is 18.2 Å². The van der Waals surface area contributed by atoms with E-state index in [9.17, 15) is 9.59 Å². The highest BCUT2D eigenvalue weighted by molar-refractivity contribution is 5.95. The molecule has 0 spiro atoms. The van der Waals surface area contributed by atoms with Crippen LogP contribution in [0.1, 0.15) is 22.3 Å². The van der Waals surface area contributed by atoms with Gasteiger partial charge in [0, 0.05) is 24.7 Å². The molecule has 2 aromatic rings. The van der Waals surface area contributed by atoms with Crippen molar-refractivity contribution >= 4 is 17.5 Å². The third kappa shape index (κ3) is 4.72. The highest BCUT2D eigenvalue weighted by Gasteiger charge is 2.07. The Morgan fingerprint density at radius 2 is 2.05 bits per heavy atom. The number of carbonyl (C=O) groups excluding carboxylic acids is 2. The summed E-state index contributed by atoms with van der Waals surface area (Å²) >= 11 is 0. The Kier molecular flexibility index (Phi) is 5.04. The maximum absolute atomic E-state index is 11.9. The lowest BCUT2D eigenvalue weighted by Gasteiger charge is -2.07. The van der Waals surface area contributed by atoms with Gasteiger partial charge in [-0.1, -0.05) is 17.7 Å². The molecule has 0 bridgehead atoms. The molecule has 21 heavy (non-hydrogen) atoms. The highest BCUT2D eigenvalue weighted by Crippen LogP contribution is 2.04. The Morgan fingerprint density at radius 1 is 1.19 bits per heavy atom. The minimum atomic E-state index is -0.173. The monoisotopic (exact) mass is 283 g/mol. The van der Waals surface area contributed by atoms with Crippen molar-refractivity contribution in [1.29, 1.82) is 0 Å². The number of hydrogen-bond donors (Lipinski definition) is 2. The van der Waals surface area contributed by atoms with Crippen molar-refractivity contribution in [3.8, 4) is 0 Å². The SMILES string of the molecule is Cc1cccc(C(=O)NCCC(=O)Nc2cccnc2)c1. The summed E-state index contributed by atoms with van der Waals surface area (Å²) in [6.45, 7) is 2.22. The van der Waals surface area contributed by atoms with Gasteiger partial charge in [-0.05, 0) is 31.2 Å². The molecule has 0 saturated heterocycles. The van der Waals surface area contributed by atoms with Crippen molar-refractivity contribution in [2.45, 2.75) is 13.3 Å². The maximum Gasteiger partial charge on any atom is 0.251 e. The van der Waals surface area contributed by atoms with Gasteiger partial charge in [-0.2, -0.15) is 0 Å². The number of anilines is 1. The standard InChI is InChI=1S/C16H17N3O2/c1-12-4-2-5-13(10-12)16(21)18-9-7-15(20)19-14-6-3-8-17-11-14/h2-6,8,10-11H,7,9H2,1H3,(H,18,21)(H,19,20). The Hall–Kier alpha value is -2.69. The largest absolute Gasteiger partial charge is 0.352 e. The zero-order chi connectivity index (χ0) is 15.1. The summed E-state index contributed by atoms with van der Waals surface area (Å²) in [5.74, 6) is -0.333. The first-order valence-electron chi connectivity index (χ1n) is 6.70. The molecule has 5 nitrogen and oxygen atoms in total. The Labute approximate surface area is 123 Å². The van der Waals surface area contributed by atoms with E-state index in [0.717, 1.165) is 5.56 Å². The van der Waals surface area contributed by atoms with Gasteiger partial charge in [-0.25, -0.2) is 0 Å². The van der Waals surface area contributed by atoms with Gasteiger partial charge in [0.2, 0.25) is 5.91 Å². The van der Waals surface area contributed by atoms with Gasteiger partial charge >= 0.3 is 0 Å². The van der Waals surface area contributed by atoms with Crippen molar-refractivity contribution < 1.29 is 9.59 Å². The summed E-state index contributed by atoms with van der Waals surface area (Å²) < 4.78 is 0. The average molecular weight is 283 g/mol. The van der Waals surface area contributed by atoms with Crippen LogP contribution >= 0.6 is 0 Å². The first-order chi connectivity index (χ1) is 10.1. The molecule has 2 amide bonds. The van der Waals surface area contributed by atoms with Crippen LogP contribution in [0.5, 0.6) is 0 Å². The summed E-state index contributed by atoms with van der Waals surface area (Å²) in [6, 6.07) is 10.8. The van der Waals surface area contributed by atoms with E-state index in [1.807, 2.05) is 25.1 Å². The van der Waals surface area contributed by atoms with Crippen molar-refractivity contribution in [3.63, 3.8) is 0 Å². The summed E-state index contributed by atoms with van der Waals surface area (Å²) in [5.41, 5.74) is 2.27. The fourth-order valence-corrected chi connectivity index (χ4v) is 1.84. The molecule has 0 aliphatic rings. The molecule has 0 radical (unpaired) electrons. The number of aromatic nitrogens is 1. The topological polar surface area (TPSA) is 71.1 Å². The number of nitrogens with one attached hydrogen (secondary N) is 2. The smallest absolute Gasteiger partial charge is 0.251 e. The Balaban J connectivity index is 1.76. The highest BCUT2D eigenvalue weighted by atomic mass is 16.2. The van der Waals surface area contributed by atoms with Crippen LogP contribution in [-0.4, -0.2) is 23.3 Å². The quantitative estimate of drug-likeness (QED) is 0.883. The molecule has 0 aliphatic heterocycles. The average Bonchev–Trinajstić information content (AvgIpc) is 2.48. The van der Waals surface area contributed by atoms with E-state index in [0.29, 0.717) is 17.8 Å². The molecule has 0 unspecified atom stereocenters. The van der Waals surface area contributed by atoms with Gasteiger partial charge in [-0.3, -0.25) is 14.6 Å². The molecule has 1 aromatic heterocycles. The Bertz CT molecular complexity index is 626. The van der Waals surface area contributed by atoms with E-state index in [2.05, 4.69) is 15.6 Å². The predicted molar refractivity (Wildman–Crippen MR) is 81.0 cm³/mol. The molecule has 108 valence electrons. The van der Waals surface area contributed by atoms with Crippen molar-refractivity contribution in [2.75, 3.05) is 11.9 Å². The van der Waals surface area contributed by atoms with Gasteiger partial charge < -0.3 is 10.6 Å². The lowest BCUT2D eigenvalue weighted by Crippen LogP contribution is -2.27. The second-order valence-corrected chi connectivity index (χ2v) is 4.67. The molecule has 1 heterocycles. The predicted octanol–water partition coefficient (Wildman–Crippen LogP) is 2.15. The summed E-state index contributed by atoms with van der Waals surface area (Å²) in [4.78, 5) is 27.5. The van der Waals surface area contributed by atoms with E-state index in [4.69, 9.17) is 0 Å². The van der Waals surface area contributed by atoms with E-state index < -0.39 is 0 Å². The van der Waals surface area contributed by atoms with E-state index >= 15 is 0 Å². The lowest BCUT2D eigenvalue weighted by molar-refractivity contribution is -0.116. The zero-order valence-corrected chi connectivity index (χ0v) is 11.8. The molecule has 0 atom stereocenters. The molecule has 5 heteroatoms. The molecule has 1 aromatic carbocycles. The van der Waals surface area contributed by atoms with Gasteiger partial charge in [0.15, 0.2) is 0 Å². The normalized spacial score (nSPS) is 9.95. The van der Waals surface area contributed by atoms with Crippen LogP contribution in [0.3, 0.4) is 0 Å². The van der Waals surface area contributed by atoms with Crippen molar-refractivity contribution in [2.24, 2.45) is 0 Å². The number of rotatable bonds is 5. The number of amides is 2. The number of aryl methyl sites for hydroxylation is 1. The van der Waals surface area contributed by atoms with Crippen LogP contribution in [-0.2, 0) is 4.79 Å². The molecular formula is C16H17N3O2. The molecule has 0 fully saturated rings. The molecule has 2 rings (SSSR count). The number of nitrogens with zero attached hydrogens (tertiary/aromatic N) is 1. The van der Waals surface area contributed by atoms with Gasteiger partial charge in [-0.15, -0.1) is 0 Å². The van der Waals surface area contributed by atoms with Crippen molar-refractivity contribution in [1.82, 2.24) is 10.3 Å². The zero-order valence-electron chi connectivity index (χ0n) is 11.8. The third-order valence-corrected chi connectivity index (χ3v) is 2.86. The van der Waals surface area contributed by atoms with Crippen LogP contribution < -0.4 is 10.6 Å². The first kappa shape index (κ1) is 14.7. The second-order valence-electron chi connectivity index (χ2n) is 4.67. The third-order valence-electron chi connectivity index (χ3n) is 2.86. The molecule has 2 N–H and O–H groups in total. The fraction of sp³-hybridized carbons (Fsp3) is 0.188. The molecular weight excluding hydrogens is 266 g/mol. The molecule has 0 saturated carbocycles. The fourth-order valence-electron chi connectivity index (χ4n) is 1.84. The minimum Gasteiger partial charge on any atom is -0.352 e. The molecule has 0 aliphatic carbocycles. The lowest BCUT2D eigenvalue weighted by atomic mass is 10.1. The van der Waals surface area contributed by atoms with Gasteiger partial charge in [0.1, 0.15) is 0 Å². The number of hydrogen-bond acceptors (Lipinski definition) is 3. The van der Waals surface area contributed by atoms with Gasteiger partial charge in [0.25, 0.3) is 5.91 Å². The van der Waals surface area contributed by atoms with Crippen LogP contribution in [0.2, 0.25) is 0 Å². The summed E-state index contributed by atoms with van der Waals surface area (Å²) in [7, 11) is 0. The number of carbonyl (C=O) groups is 2. The van der Waals surface area contributed by atoms with E-state index in [1.54, 1.807) is 30.6 Å². The first-order valence-corrected chi connectivity index (χ1v) is 6.70. The number of benzene rings is 1. The van der Waals surface area contributed by atoms with Crippen LogP contribution in [0.25, 0.3) is 0 Å². The van der Waals surface area contributed by atoms with Gasteiger partial charge in [0.05, 0.1) is 11.9 Å². The number of pyridine rings is 1. The summed E-state index contributed by atoms with van der Waals surface area (Å²) in [5, 5.41) is 5.44. The van der Waals surface area contributed by atoms with Crippen LogP contribution in [0.4, 0.5) is 5.69 Å². The van der Waals surface area contributed by atoms with Crippen LogP contribution in [0, 0.1) is 6.92 Å². The van der Waals surface area contributed by atoms with Crippen molar-refractivity contribution in [3.05, 3.63) is 59.9 Å². The van der Waals surface area contributed by atoms with Crippen LogP contribution in [0.15, 0.2) is 48.8 Å².